The number of amides is 1. The van der Waals surface area contributed by atoms with Gasteiger partial charge in [0, 0.05) is 28.4 Å². The van der Waals surface area contributed by atoms with Gasteiger partial charge < -0.3 is 15.1 Å². The predicted octanol–water partition coefficient (Wildman–Crippen LogP) is 5.15. The van der Waals surface area contributed by atoms with E-state index in [1.807, 2.05) is 52.0 Å². The van der Waals surface area contributed by atoms with Gasteiger partial charge >= 0.3 is 0 Å². The molecule has 6 nitrogen and oxygen atoms in total. The van der Waals surface area contributed by atoms with Crippen LogP contribution in [0.1, 0.15) is 63.6 Å². The van der Waals surface area contributed by atoms with E-state index in [0.717, 1.165) is 22.4 Å². The summed E-state index contributed by atoms with van der Waals surface area (Å²) in [7, 11) is 0. The number of fused-ring (bicyclic) bond motifs is 1. The summed E-state index contributed by atoms with van der Waals surface area (Å²) < 4.78 is 5.20. The van der Waals surface area contributed by atoms with Crippen LogP contribution in [0.15, 0.2) is 64.4 Å². The second-order valence-corrected chi connectivity index (χ2v) is 9.71. The van der Waals surface area contributed by atoms with Crippen molar-refractivity contribution in [3.63, 3.8) is 0 Å². The number of ketones is 2. The van der Waals surface area contributed by atoms with Crippen LogP contribution in [-0.2, 0) is 9.59 Å². The van der Waals surface area contributed by atoms with E-state index in [0.29, 0.717) is 18.5 Å². The van der Waals surface area contributed by atoms with Gasteiger partial charge in [0.05, 0.1) is 17.2 Å². The Balaban J connectivity index is 1.73. The summed E-state index contributed by atoms with van der Waals surface area (Å²) in [5, 5.41) is 6.35. The molecule has 33 heavy (non-hydrogen) atoms. The number of carbonyl (C=O) groups excluding carboxylic acids is 3. The SMILES string of the molecule is CC(=O)C1(C)CCC(C(=O)C2=C(C)c3ccccc3NC2(C)C)C=C1NC(=O)c1ccco1. The number of para-hydroxylation sites is 1. The lowest BCUT2D eigenvalue weighted by Gasteiger charge is -2.40. The molecule has 2 N–H and O–H groups in total. The molecule has 0 fully saturated rings. The zero-order valence-corrected chi connectivity index (χ0v) is 19.7. The Morgan fingerprint density at radius 2 is 1.82 bits per heavy atom. The molecule has 1 aliphatic carbocycles. The van der Waals surface area contributed by atoms with Crippen LogP contribution in [0.2, 0.25) is 0 Å². The lowest BCUT2D eigenvalue weighted by molar-refractivity contribution is -0.126. The number of carbonyl (C=O) groups is 3. The van der Waals surface area contributed by atoms with Gasteiger partial charge in [0.2, 0.25) is 0 Å². The molecule has 4 rings (SSSR count). The van der Waals surface area contributed by atoms with Crippen molar-refractivity contribution in [2.75, 3.05) is 5.32 Å². The topological polar surface area (TPSA) is 88.4 Å². The van der Waals surface area contributed by atoms with Crippen LogP contribution in [0.3, 0.4) is 0 Å². The first-order valence-electron chi connectivity index (χ1n) is 11.3. The zero-order chi connectivity index (χ0) is 24.0. The highest BCUT2D eigenvalue weighted by molar-refractivity contribution is 6.09. The molecule has 0 saturated heterocycles. The van der Waals surface area contributed by atoms with Crippen LogP contribution in [0.5, 0.6) is 0 Å². The number of hydrogen-bond donors (Lipinski definition) is 2. The van der Waals surface area contributed by atoms with Crippen molar-refractivity contribution in [1.82, 2.24) is 5.32 Å². The fourth-order valence-electron chi connectivity index (χ4n) is 4.99. The predicted molar refractivity (Wildman–Crippen MR) is 128 cm³/mol. The number of anilines is 1. The molecule has 0 radical (unpaired) electrons. The number of Topliss-reactive ketones (excluding diaryl/α,β-unsaturated/α-hetero) is 2. The van der Waals surface area contributed by atoms with Gasteiger partial charge in [0.1, 0.15) is 5.78 Å². The van der Waals surface area contributed by atoms with E-state index < -0.39 is 22.8 Å². The number of hydrogen-bond acceptors (Lipinski definition) is 5. The Labute approximate surface area is 194 Å². The Bertz CT molecular complexity index is 1190. The second-order valence-electron chi connectivity index (χ2n) is 9.71. The minimum Gasteiger partial charge on any atom is -0.459 e. The smallest absolute Gasteiger partial charge is 0.291 e. The largest absolute Gasteiger partial charge is 0.459 e. The third-order valence-electron chi connectivity index (χ3n) is 7.05. The summed E-state index contributed by atoms with van der Waals surface area (Å²) in [6.45, 7) is 9.33. The maximum Gasteiger partial charge on any atom is 0.291 e. The van der Waals surface area contributed by atoms with Crippen LogP contribution in [0.25, 0.3) is 5.57 Å². The minimum atomic E-state index is -0.866. The Morgan fingerprint density at radius 1 is 1.09 bits per heavy atom. The third-order valence-corrected chi connectivity index (χ3v) is 7.05. The Hall–Kier alpha value is -3.41. The molecule has 0 saturated carbocycles. The van der Waals surface area contributed by atoms with E-state index in [1.165, 1.54) is 13.2 Å². The fourth-order valence-corrected chi connectivity index (χ4v) is 4.99. The van der Waals surface area contributed by atoms with Crippen molar-refractivity contribution in [3.8, 4) is 0 Å². The highest BCUT2D eigenvalue weighted by Crippen LogP contribution is 2.44. The van der Waals surface area contributed by atoms with Gasteiger partial charge in [0.25, 0.3) is 5.91 Å². The normalized spacial score (nSPS) is 23.8. The number of allylic oxidation sites excluding steroid dienone is 3. The Kier molecular flexibility index (Phi) is 5.64. The summed E-state index contributed by atoms with van der Waals surface area (Å²) in [6, 6.07) is 11.2. The molecule has 1 aliphatic heterocycles. The molecule has 2 aliphatic rings. The molecule has 0 spiro atoms. The lowest BCUT2D eigenvalue weighted by Crippen LogP contribution is -2.44. The van der Waals surface area contributed by atoms with Crippen LogP contribution in [-0.4, -0.2) is 23.0 Å². The van der Waals surface area contributed by atoms with Gasteiger partial charge in [0.15, 0.2) is 11.5 Å². The van der Waals surface area contributed by atoms with Crippen molar-refractivity contribution < 1.29 is 18.8 Å². The van der Waals surface area contributed by atoms with E-state index >= 15 is 0 Å². The minimum absolute atomic E-state index is 0.00912. The first-order valence-corrected chi connectivity index (χ1v) is 11.3. The highest BCUT2D eigenvalue weighted by Gasteiger charge is 2.43. The summed E-state index contributed by atoms with van der Waals surface area (Å²) >= 11 is 0. The zero-order valence-electron chi connectivity index (χ0n) is 19.7. The molecular formula is C27H30N2O4. The molecular weight excluding hydrogens is 416 g/mol. The van der Waals surface area contributed by atoms with Gasteiger partial charge in [-0.25, -0.2) is 0 Å². The first-order chi connectivity index (χ1) is 15.5. The van der Waals surface area contributed by atoms with Gasteiger partial charge in [-0.2, -0.15) is 0 Å². The average Bonchev–Trinajstić information content (AvgIpc) is 3.29. The van der Waals surface area contributed by atoms with Crippen LogP contribution >= 0.6 is 0 Å². The van der Waals surface area contributed by atoms with E-state index in [9.17, 15) is 14.4 Å². The average molecular weight is 447 g/mol. The lowest BCUT2D eigenvalue weighted by atomic mass is 9.68. The standard InChI is InChI=1S/C27H30N2O4/c1-16-19-9-6-7-10-20(19)29-26(3,4)23(16)24(31)18-12-13-27(5,17(2)30)22(15-18)28-25(32)21-11-8-14-33-21/h6-11,14-15,18,29H,12-13H2,1-5H3,(H,28,32). The number of furan rings is 1. The molecule has 2 heterocycles. The van der Waals surface area contributed by atoms with Gasteiger partial charge in [-0.05, 0) is 71.2 Å². The summed E-state index contributed by atoms with van der Waals surface area (Å²) in [4.78, 5) is 39.1. The van der Waals surface area contributed by atoms with E-state index in [4.69, 9.17) is 4.42 Å². The molecule has 1 aromatic heterocycles. The number of rotatable bonds is 5. The molecule has 2 unspecified atom stereocenters. The molecule has 2 aromatic rings. The molecule has 172 valence electrons. The Morgan fingerprint density at radius 3 is 2.48 bits per heavy atom. The summed E-state index contributed by atoms with van der Waals surface area (Å²) in [5.41, 5.74) is 2.74. The number of benzene rings is 1. The van der Waals surface area contributed by atoms with Crippen LogP contribution in [0, 0.1) is 11.3 Å². The van der Waals surface area contributed by atoms with Gasteiger partial charge in [-0.1, -0.05) is 24.3 Å². The van der Waals surface area contributed by atoms with Crippen LogP contribution in [0.4, 0.5) is 5.69 Å². The quantitative estimate of drug-likeness (QED) is 0.663. The maximum atomic E-state index is 13.9. The molecule has 1 amide bonds. The van der Waals surface area contributed by atoms with Crippen molar-refractivity contribution >= 4 is 28.7 Å². The van der Waals surface area contributed by atoms with Crippen LogP contribution < -0.4 is 10.6 Å². The number of nitrogens with one attached hydrogen (secondary N) is 2. The molecule has 0 bridgehead atoms. The van der Waals surface area contributed by atoms with Crippen molar-refractivity contribution in [2.24, 2.45) is 11.3 Å². The molecule has 2 atom stereocenters. The fraction of sp³-hybridized carbons (Fsp3) is 0.370. The van der Waals surface area contributed by atoms with Gasteiger partial charge in [-0.3, -0.25) is 14.4 Å². The van der Waals surface area contributed by atoms with Gasteiger partial charge in [-0.15, -0.1) is 0 Å². The second kappa shape index (κ2) is 8.18. The third kappa shape index (κ3) is 3.94. The monoisotopic (exact) mass is 446 g/mol. The van der Waals surface area contributed by atoms with Crippen molar-refractivity contribution in [1.29, 1.82) is 0 Å². The van der Waals surface area contributed by atoms with Crippen molar-refractivity contribution in [2.45, 2.75) is 53.0 Å². The van der Waals surface area contributed by atoms with E-state index in [-0.39, 0.29) is 17.3 Å². The maximum absolute atomic E-state index is 13.9. The highest BCUT2D eigenvalue weighted by atomic mass is 16.3. The summed E-state index contributed by atoms with van der Waals surface area (Å²) in [6.07, 6.45) is 4.19. The first kappa shape index (κ1) is 22.8. The van der Waals surface area contributed by atoms with E-state index in [1.54, 1.807) is 18.2 Å². The molecule has 1 aromatic carbocycles. The summed E-state index contributed by atoms with van der Waals surface area (Å²) in [5.74, 6) is -0.766. The van der Waals surface area contributed by atoms with E-state index in [2.05, 4.69) is 10.6 Å². The van der Waals surface area contributed by atoms with Crippen molar-refractivity contribution in [3.05, 3.63) is 71.3 Å². The molecule has 6 heteroatoms.